The summed E-state index contributed by atoms with van der Waals surface area (Å²) in [5.74, 6) is 1.33. The molecule has 0 N–H and O–H groups in total. The van der Waals surface area contributed by atoms with E-state index in [-0.39, 0.29) is 0 Å². The van der Waals surface area contributed by atoms with E-state index in [0.717, 1.165) is 68.9 Å². The fraction of sp³-hybridized carbons (Fsp3) is 0.455. The van der Waals surface area contributed by atoms with Crippen molar-refractivity contribution in [1.82, 2.24) is 19.5 Å². The first-order chi connectivity index (χ1) is 14.2. The molecule has 2 aliphatic heterocycles. The van der Waals surface area contributed by atoms with Crippen molar-refractivity contribution in [3.8, 4) is 0 Å². The molecule has 7 heteroatoms. The lowest BCUT2D eigenvalue weighted by atomic mass is 9.97. The maximum atomic E-state index is 6.15. The Morgan fingerprint density at radius 1 is 1.10 bits per heavy atom. The molecule has 1 aromatic carbocycles. The van der Waals surface area contributed by atoms with Crippen molar-refractivity contribution >= 4 is 22.9 Å². The Hall–Kier alpha value is -2.15. The Bertz CT molecular complexity index is 984. The monoisotopic (exact) mass is 411 g/mol. The van der Waals surface area contributed by atoms with E-state index < -0.39 is 0 Å². The van der Waals surface area contributed by atoms with Gasteiger partial charge in [-0.15, -0.1) is 0 Å². The third kappa shape index (κ3) is 4.25. The normalized spacial score (nSPS) is 21.0. The molecule has 0 unspecified atom stereocenters. The highest BCUT2D eigenvalue weighted by atomic mass is 35.5. The van der Waals surface area contributed by atoms with Gasteiger partial charge in [0, 0.05) is 37.1 Å². The van der Waals surface area contributed by atoms with Crippen LogP contribution in [0, 0.1) is 0 Å². The summed E-state index contributed by atoms with van der Waals surface area (Å²) >= 11 is 6.15. The molecule has 1 atom stereocenters. The van der Waals surface area contributed by atoms with E-state index in [1.165, 1.54) is 17.7 Å². The SMILES string of the molecule is Clc1cccc(CN2CCC[C@@H](c3nc4ccc(N5CCOCC5)cn4n3)C2)c1. The first-order valence-electron chi connectivity index (χ1n) is 10.4. The van der Waals surface area contributed by atoms with E-state index in [1.807, 2.05) is 16.6 Å². The van der Waals surface area contributed by atoms with Gasteiger partial charge >= 0.3 is 0 Å². The summed E-state index contributed by atoms with van der Waals surface area (Å²) in [6, 6.07) is 12.4. The maximum absolute atomic E-state index is 6.15. The highest BCUT2D eigenvalue weighted by Gasteiger charge is 2.25. The molecular weight excluding hydrogens is 386 g/mol. The molecule has 0 saturated carbocycles. The van der Waals surface area contributed by atoms with Crippen LogP contribution in [-0.4, -0.2) is 58.9 Å². The Morgan fingerprint density at radius 3 is 2.86 bits per heavy atom. The molecule has 6 nitrogen and oxygen atoms in total. The fourth-order valence-corrected chi connectivity index (χ4v) is 4.59. The van der Waals surface area contributed by atoms with Crippen molar-refractivity contribution in [2.24, 2.45) is 0 Å². The predicted octanol–water partition coefficient (Wildman–Crippen LogP) is 3.60. The third-order valence-electron chi connectivity index (χ3n) is 5.87. The quantitative estimate of drug-likeness (QED) is 0.656. The summed E-state index contributed by atoms with van der Waals surface area (Å²) in [4.78, 5) is 9.67. The molecule has 29 heavy (non-hydrogen) atoms. The molecule has 0 amide bonds. The smallest absolute Gasteiger partial charge is 0.156 e. The fourth-order valence-electron chi connectivity index (χ4n) is 4.37. The van der Waals surface area contributed by atoms with Gasteiger partial charge in [-0.1, -0.05) is 23.7 Å². The van der Waals surface area contributed by atoms with E-state index in [1.54, 1.807) is 0 Å². The summed E-state index contributed by atoms with van der Waals surface area (Å²) in [5.41, 5.74) is 3.36. The van der Waals surface area contributed by atoms with E-state index in [0.29, 0.717) is 5.92 Å². The number of nitrogens with zero attached hydrogens (tertiary/aromatic N) is 5. The standard InChI is InChI=1S/C22H26ClN5O/c23-19-5-1-3-17(13-19)14-26-8-2-4-18(15-26)22-24-21-7-6-20(16-28(21)25-22)27-9-11-29-12-10-27/h1,3,5-7,13,16,18H,2,4,8-12,14-15H2/t18-/m1/s1. The number of morpholine rings is 1. The van der Waals surface area contributed by atoms with Gasteiger partial charge in [0.25, 0.3) is 0 Å². The van der Waals surface area contributed by atoms with Crippen molar-refractivity contribution in [3.05, 3.63) is 59.0 Å². The zero-order valence-electron chi connectivity index (χ0n) is 16.5. The Balaban J connectivity index is 1.31. The average molecular weight is 412 g/mol. The Labute approximate surface area is 176 Å². The van der Waals surface area contributed by atoms with Crippen molar-refractivity contribution in [3.63, 3.8) is 0 Å². The second-order valence-electron chi connectivity index (χ2n) is 7.96. The van der Waals surface area contributed by atoms with E-state index in [9.17, 15) is 0 Å². The van der Waals surface area contributed by atoms with E-state index in [2.05, 4.69) is 40.3 Å². The molecule has 0 spiro atoms. The van der Waals surface area contributed by atoms with Crippen molar-refractivity contribution in [2.45, 2.75) is 25.3 Å². The van der Waals surface area contributed by atoms with Gasteiger partial charge in [0.15, 0.2) is 11.5 Å². The van der Waals surface area contributed by atoms with Gasteiger partial charge in [-0.2, -0.15) is 5.10 Å². The van der Waals surface area contributed by atoms with Crippen molar-refractivity contribution < 1.29 is 4.74 Å². The first-order valence-corrected chi connectivity index (χ1v) is 10.8. The zero-order chi connectivity index (χ0) is 19.6. The molecule has 5 rings (SSSR count). The molecule has 0 bridgehead atoms. The molecule has 2 fully saturated rings. The number of halogens is 1. The molecule has 152 valence electrons. The number of piperidine rings is 1. The van der Waals surface area contributed by atoms with Crippen LogP contribution in [0.3, 0.4) is 0 Å². The summed E-state index contributed by atoms with van der Waals surface area (Å²) in [5, 5.41) is 5.65. The van der Waals surface area contributed by atoms with Gasteiger partial charge in [0.2, 0.25) is 0 Å². The average Bonchev–Trinajstić information content (AvgIpc) is 3.18. The molecule has 2 saturated heterocycles. The minimum Gasteiger partial charge on any atom is -0.378 e. The number of aromatic nitrogens is 3. The first kappa shape index (κ1) is 18.9. The van der Waals surface area contributed by atoms with Gasteiger partial charge in [0.05, 0.1) is 25.1 Å². The van der Waals surface area contributed by atoms with Gasteiger partial charge in [-0.3, -0.25) is 4.90 Å². The molecule has 3 aromatic rings. The van der Waals surface area contributed by atoms with Gasteiger partial charge in [-0.05, 0) is 49.2 Å². The highest BCUT2D eigenvalue weighted by molar-refractivity contribution is 6.30. The van der Waals surface area contributed by atoms with E-state index in [4.69, 9.17) is 26.4 Å². The summed E-state index contributed by atoms with van der Waals surface area (Å²) in [6.07, 6.45) is 4.41. The Morgan fingerprint density at radius 2 is 2.00 bits per heavy atom. The minimum absolute atomic E-state index is 0.370. The van der Waals surface area contributed by atoms with Crippen LogP contribution >= 0.6 is 11.6 Å². The largest absolute Gasteiger partial charge is 0.378 e. The van der Waals surface area contributed by atoms with Crippen LogP contribution in [-0.2, 0) is 11.3 Å². The van der Waals surface area contributed by atoms with Crippen LogP contribution < -0.4 is 4.90 Å². The van der Waals surface area contributed by atoms with Crippen LogP contribution in [0.5, 0.6) is 0 Å². The van der Waals surface area contributed by atoms with E-state index >= 15 is 0 Å². The number of hydrogen-bond acceptors (Lipinski definition) is 5. The number of anilines is 1. The van der Waals surface area contributed by atoms with Gasteiger partial charge in [-0.25, -0.2) is 9.50 Å². The van der Waals surface area contributed by atoms with Crippen LogP contribution in [0.2, 0.25) is 5.02 Å². The number of fused-ring (bicyclic) bond motifs is 1. The van der Waals surface area contributed by atoms with Gasteiger partial charge in [0.1, 0.15) is 0 Å². The van der Waals surface area contributed by atoms with Crippen LogP contribution in [0.25, 0.3) is 5.65 Å². The van der Waals surface area contributed by atoms with Crippen LogP contribution in [0.4, 0.5) is 5.69 Å². The van der Waals surface area contributed by atoms with Crippen molar-refractivity contribution in [1.29, 1.82) is 0 Å². The van der Waals surface area contributed by atoms with Crippen LogP contribution in [0.1, 0.15) is 30.1 Å². The molecule has 2 aliphatic rings. The lowest BCUT2D eigenvalue weighted by Crippen LogP contribution is -2.36. The molecule has 0 aliphatic carbocycles. The summed E-state index contributed by atoms with van der Waals surface area (Å²) in [6.45, 7) is 6.43. The second-order valence-corrected chi connectivity index (χ2v) is 8.40. The number of likely N-dealkylation sites (tertiary alicyclic amines) is 1. The number of hydrogen-bond donors (Lipinski definition) is 0. The predicted molar refractivity (Wildman–Crippen MR) is 115 cm³/mol. The number of benzene rings is 1. The van der Waals surface area contributed by atoms with Crippen LogP contribution in [0.15, 0.2) is 42.6 Å². The number of pyridine rings is 1. The molecule has 4 heterocycles. The topological polar surface area (TPSA) is 45.9 Å². The maximum Gasteiger partial charge on any atom is 0.156 e. The molecule has 2 aromatic heterocycles. The lowest BCUT2D eigenvalue weighted by Gasteiger charge is -2.31. The summed E-state index contributed by atoms with van der Waals surface area (Å²) < 4.78 is 7.40. The summed E-state index contributed by atoms with van der Waals surface area (Å²) in [7, 11) is 0. The highest BCUT2D eigenvalue weighted by Crippen LogP contribution is 2.27. The third-order valence-corrected chi connectivity index (χ3v) is 6.11. The number of ether oxygens (including phenoxy) is 1. The second kappa shape index (κ2) is 8.30. The van der Waals surface area contributed by atoms with Gasteiger partial charge < -0.3 is 9.64 Å². The number of rotatable bonds is 4. The lowest BCUT2D eigenvalue weighted by molar-refractivity contribution is 0.122. The molecular formula is C22H26ClN5O. The zero-order valence-corrected chi connectivity index (χ0v) is 17.3. The Kier molecular flexibility index (Phi) is 5.40. The van der Waals surface area contributed by atoms with Crippen molar-refractivity contribution in [2.75, 3.05) is 44.3 Å². The minimum atomic E-state index is 0.370. The molecule has 0 radical (unpaired) electrons.